The Morgan fingerprint density at radius 1 is 1.16 bits per heavy atom. The lowest BCUT2D eigenvalue weighted by atomic mass is 9.89. The van der Waals surface area contributed by atoms with Crippen LogP contribution in [0.25, 0.3) is 0 Å². The highest BCUT2D eigenvalue weighted by Crippen LogP contribution is 2.35. The maximum atomic E-state index is 11.8. The van der Waals surface area contributed by atoms with E-state index in [-0.39, 0.29) is 24.4 Å². The zero-order chi connectivity index (χ0) is 22.5. The Labute approximate surface area is 191 Å². The highest BCUT2D eigenvalue weighted by Gasteiger charge is 2.21. The molecule has 0 bridgehead atoms. The van der Waals surface area contributed by atoms with Gasteiger partial charge in [0, 0.05) is 5.69 Å². The second-order valence-corrected chi connectivity index (χ2v) is 7.81. The summed E-state index contributed by atoms with van der Waals surface area (Å²) >= 11 is 5.61. The van der Waals surface area contributed by atoms with E-state index in [0.29, 0.717) is 11.6 Å². The summed E-state index contributed by atoms with van der Waals surface area (Å²) in [6.45, 7) is 2.04. The number of carbonyl (C=O) groups is 1. The summed E-state index contributed by atoms with van der Waals surface area (Å²) in [5.74, 6) is 0.777. The quantitative estimate of drug-likeness (QED) is 0.463. The van der Waals surface area contributed by atoms with Crippen LogP contribution in [0.1, 0.15) is 41.5 Å². The summed E-state index contributed by atoms with van der Waals surface area (Å²) in [5, 5.41) is 16.0. The molecule has 166 valence electrons. The lowest BCUT2D eigenvalue weighted by molar-refractivity contribution is -0.114. The van der Waals surface area contributed by atoms with E-state index in [0.717, 1.165) is 41.6 Å². The molecule has 9 heteroatoms. The van der Waals surface area contributed by atoms with Crippen molar-refractivity contribution in [1.82, 2.24) is 15.0 Å². The molecule has 8 nitrogen and oxygen atoms in total. The molecule has 1 heterocycles. The van der Waals surface area contributed by atoms with Gasteiger partial charge in [0.25, 0.3) is 0 Å². The molecule has 1 aliphatic carbocycles. The molecule has 3 aromatic rings. The van der Waals surface area contributed by atoms with E-state index in [1.807, 2.05) is 49.4 Å². The van der Waals surface area contributed by atoms with Gasteiger partial charge in [-0.25, -0.2) is 0 Å². The van der Waals surface area contributed by atoms with Crippen LogP contribution in [0.2, 0.25) is 0 Å². The lowest BCUT2D eigenvalue weighted by Crippen LogP contribution is -2.18. The van der Waals surface area contributed by atoms with Gasteiger partial charge < -0.3 is 15.2 Å². The van der Waals surface area contributed by atoms with Crippen LogP contribution in [0.5, 0.6) is 5.75 Å². The molecule has 1 aliphatic rings. The molecule has 4 rings (SSSR count). The van der Waals surface area contributed by atoms with Gasteiger partial charge in [0.15, 0.2) is 5.82 Å². The number of para-hydroxylation sites is 1. The zero-order valence-electron chi connectivity index (χ0n) is 17.6. The normalized spacial score (nSPS) is 15.0. The van der Waals surface area contributed by atoms with E-state index >= 15 is 0 Å². The number of hydrogen-bond donors (Lipinski definition) is 3. The number of anilines is 3. The predicted molar refractivity (Wildman–Crippen MR) is 122 cm³/mol. The lowest BCUT2D eigenvalue weighted by Gasteiger charge is -2.23. The van der Waals surface area contributed by atoms with Crippen molar-refractivity contribution >= 4 is 35.1 Å². The van der Waals surface area contributed by atoms with Crippen molar-refractivity contribution in [2.45, 2.75) is 38.9 Å². The Hall–Kier alpha value is -3.23. The average molecular weight is 454 g/mol. The highest BCUT2D eigenvalue weighted by atomic mass is 35.5. The summed E-state index contributed by atoms with van der Waals surface area (Å²) < 4.78 is 6.02. The summed E-state index contributed by atoms with van der Waals surface area (Å²) in [7, 11) is 0. The first-order valence-corrected chi connectivity index (χ1v) is 10.9. The Morgan fingerprint density at radius 2 is 1.97 bits per heavy atom. The number of fused-ring (bicyclic) bond motifs is 1. The van der Waals surface area contributed by atoms with Crippen LogP contribution in [0.15, 0.2) is 42.5 Å². The number of carbonyl (C=O) groups excluding carboxylic acids is 1. The molecule has 1 unspecified atom stereocenters. The number of alkyl halides is 1. The molecule has 1 amide bonds. The van der Waals surface area contributed by atoms with Gasteiger partial charge in [-0.05, 0) is 55.0 Å². The number of nitrogens with one attached hydrogen (secondary N) is 2. The molecule has 3 N–H and O–H groups in total. The highest BCUT2D eigenvalue weighted by molar-refractivity contribution is 6.28. The monoisotopic (exact) mass is 453 g/mol. The maximum absolute atomic E-state index is 11.8. The molecule has 2 aromatic carbocycles. The molecule has 32 heavy (non-hydrogen) atoms. The second kappa shape index (κ2) is 9.93. The van der Waals surface area contributed by atoms with Crippen molar-refractivity contribution < 1.29 is 14.6 Å². The molecule has 0 spiro atoms. The zero-order valence-corrected chi connectivity index (χ0v) is 18.4. The van der Waals surface area contributed by atoms with Gasteiger partial charge in [-0.15, -0.1) is 11.6 Å². The summed E-state index contributed by atoms with van der Waals surface area (Å²) in [4.78, 5) is 24.8. The number of amides is 1. The van der Waals surface area contributed by atoms with E-state index < -0.39 is 12.0 Å². The number of aryl methyl sites for hydroxylation is 1. The van der Waals surface area contributed by atoms with E-state index in [9.17, 15) is 9.90 Å². The molecule has 0 radical (unpaired) electrons. The first kappa shape index (κ1) is 22.0. The molecule has 1 aromatic heterocycles. The third-order valence-corrected chi connectivity index (χ3v) is 5.48. The third kappa shape index (κ3) is 5.15. The van der Waals surface area contributed by atoms with Gasteiger partial charge >= 0.3 is 0 Å². The SMILES string of the molecule is Cc1ccccc1Nc1nc(COc2cccc3c2CCCC3O)nc(NC(=O)CCl)n1. The van der Waals surface area contributed by atoms with Crippen molar-refractivity contribution in [1.29, 1.82) is 0 Å². The molecule has 0 saturated heterocycles. The van der Waals surface area contributed by atoms with Crippen molar-refractivity contribution in [3.8, 4) is 5.75 Å². The van der Waals surface area contributed by atoms with Gasteiger partial charge in [0.05, 0.1) is 6.10 Å². The largest absolute Gasteiger partial charge is 0.485 e. The van der Waals surface area contributed by atoms with E-state index in [2.05, 4.69) is 25.6 Å². The number of aliphatic hydroxyl groups excluding tert-OH is 1. The number of benzene rings is 2. The Kier molecular flexibility index (Phi) is 6.82. The Balaban J connectivity index is 1.59. The van der Waals surface area contributed by atoms with Crippen molar-refractivity contribution in [2.24, 2.45) is 0 Å². The molecule has 1 atom stereocenters. The number of hydrogen-bond acceptors (Lipinski definition) is 7. The molecular weight excluding hydrogens is 430 g/mol. The maximum Gasteiger partial charge on any atom is 0.241 e. The Bertz CT molecular complexity index is 1120. The first-order valence-electron chi connectivity index (χ1n) is 10.4. The second-order valence-electron chi connectivity index (χ2n) is 7.54. The summed E-state index contributed by atoms with van der Waals surface area (Å²) in [5.41, 5.74) is 3.77. The van der Waals surface area contributed by atoms with Crippen LogP contribution in [0.3, 0.4) is 0 Å². The van der Waals surface area contributed by atoms with E-state index in [1.165, 1.54) is 0 Å². The number of aromatic nitrogens is 3. The molecule has 0 fully saturated rings. The van der Waals surface area contributed by atoms with Crippen LogP contribution in [-0.4, -0.2) is 31.8 Å². The van der Waals surface area contributed by atoms with Crippen LogP contribution in [0.4, 0.5) is 17.6 Å². The van der Waals surface area contributed by atoms with Crippen LogP contribution in [-0.2, 0) is 17.8 Å². The number of rotatable bonds is 7. The van der Waals surface area contributed by atoms with Crippen molar-refractivity contribution in [3.63, 3.8) is 0 Å². The summed E-state index contributed by atoms with van der Waals surface area (Å²) in [6.07, 6.45) is 2.03. The minimum absolute atomic E-state index is 0.0707. The number of halogens is 1. The van der Waals surface area contributed by atoms with Gasteiger partial charge in [-0.2, -0.15) is 15.0 Å². The van der Waals surface area contributed by atoms with Gasteiger partial charge in [-0.1, -0.05) is 30.3 Å². The fraction of sp³-hybridized carbons (Fsp3) is 0.304. The topological polar surface area (TPSA) is 109 Å². The average Bonchev–Trinajstić information content (AvgIpc) is 2.79. The first-order chi connectivity index (χ1) is 15.5. The smallest absolute Gasteiger partial charge is 0.241 e. The molecular formula is C23H24ClN5O3. The van der Waals surface area contributed by atoms with Crippen LogP contribution >= 0.6 is 11.6 Å². The Morgan fingerprint density at radius 3 is 2.78 bits per heavy atom. The predicted octanol–water partition coefficient (Wildman–Crippen LogP) is 4.05. The van der Waals surface area contributed by atoms with E-state index in [1.54, 1.807) is 0 Å². The number of nitrogens with zero attached hydrogens (tertiary/aromatic N) is 3. The fourth-order valence-electron chi connectivity index (χ4n) is 3.66. The minimum atomic E-state index is -0.471. The van der Waals surface area contributed by atoms with Crippen LogP contribution in [0, 0.1) is 6.92 Å². The number of aliphatic hydroxyl groups is 1. The fourth-order valence-corrected chi connectivity index (χ4v) is 3.72. The third-order valence-electron chi connectivity index (χ3n) is 5.24. The van der Waals surface area contributed by atoms with E-state index in [4.69, 9.17) is 16.3 Å². The van der Waals surface area contributed by atoms with Crippen molar-refractivity contribution in [2.75, 3.05) is 16.5 Å². The van der Waals surface area contributed by atoms with Crippen LogP contribution < -0.4 is 15.4 Å². The van der Waals surface area contributed by atoms with Gasteiger partial charge in [-0.3, -0.25) is 10.1 Å². The molecule has 0 aliphatic heterocycles. The molecule has 0 saturated carbocycles. The van der Waals surface area contributed by atoms with Crippen molar-refractivity contribution in [3.05, 3.63) is 65.0 Å². The summed E-state index contributed by atoms with van der Waals surface area (Å²) in [6, 6.07) is 13.4. The van der Waals surface area contributed by atoms with Gasteiger partial charge in [0.1, 0.15) is 18.2 Å². The number of ether oxygens (including phenoxy) is 1. The minimum Gasteiger partial charge on any atom is -0.485 e. The standard InChI is InChI=1S/C23H24ClN5O3/c1-14-6-2-3-9-17(14)25-22-26-20(27-23(29-22)28-21(31)12-24)13-32-19-11-5-7-15-16(19)8-4-10-18(15)30/h2-3,5-7,9,11,18,30H,4,8,10,12-13H2,1H3,(H2,25,26,27,28,29,31). The van der Waals surface area contributed by atoms with Gasteiger partial charge in [0.2, 0.25) is 17.8 Å².